The Kier molecular flexibility index (Phi) is 6.89. The summed E-state index contributed by atoms with van der Waals surface area (Å²) in [5.41, 5.74) is 0.623. The molecule has 0 aliphatic rings. The first-order valence-electron chi connectivity index (χ1n) is 6.67. The summed E-state index contributed by atoms with van der Waals surface area (Å²) in [5.74, 6) is 0.657. The molecule has 0 saturated carbocycles. The number of aromatic nitrogens is 1. The molecule has 0 aromatic carbocycles. The van der Waals surface area contributed by atoms with Crippen molar-refractivity contribution in [1.82, 2.24) is 10.3 Å². The molecule has 1 aromatic rings. The molecular weight excluding hydrogens is 242 g/mol. The van der Waals surface area contributed by atoms with Gasteiger partial charge in [-0.3, -0.25) is 4.79 Å². The van der Waals surface area contributed by atoms with E-state index in [2.05, 4.69) is 29.5 Å². The van der Waals surface area contributed by atoms with Crippen LogP contribution in [-0.4, -0.2) is 37.2 Å². The van der Waals surface area contributed by atoms with E-state index in [1.807, 2.05) is 0 Å². The van der Waals surface area contributed by atoms with Crippen LogP contribution in [0.3, 0.4) is 0 Å². The maximum atomic E-state index is 11.9. The average Bonchev–Trinajstić information content (AvgIpc) is 2.43. The highest BCUT2D eigenvalue weighted by atomic mass is 16.5. The van der Waals surface area contributed by atoms with Crippen molar-refractivity contribution < 1.29 is 9.53 Å². The van der Waals surface area contributed by atoms with Gasteiger partial charge in [-0.2, -0.15) is 0 Å². The fourth-order valence-corrected chi connectivity index (χ4v) is 1.53. The first-order valence-corrected chi connectivity index (χ1v) is 6.67. The first-order chi connectivity index (χ1) is 9.17. The van der Waals surface area contributed by atoms with Gasteiger partial charge in [-0.15, -0.1) is 0 Å². The molecule has 106 valence electrons. The topological polar surface area (TPSA) is 63.2 Å². The average molecular weight is 265 g/mol. The lowest BCUT2D eigenvalue weighted by molar-refractivity contribution is 0.0948. The Morgan fingerprint density at radius 3 is 3.00 bits per heavy atom. The number of nitrogens with zero attached hydrogens (tertiary/aromatic N) is 1. The van der Waals surface area contributed by atoms with Crippen LogP contribution in [0.1, 0.15) is 37.0 Å². The van der Waals surface area contributed by atoms with Crippen LogP contribution in [0.4, 0.5) is 5.82 Å². The van der Waals surface area contributed by atoms with Crippen LogP contribution in [0.2, 0.25) is 0 Å². The Bertz CT molecular complexity index is 396. The Morgan fingerprint density at radius 2 is 2.32 bits per heavy atom. The van der Waals surface area contributed by atoms with Gasteiger partial charge in [-0.25, -0.2) is 4.98 Å². The lowest BCUT2D eigenvalue weighted by Crippen LogP contribution is -2.25. The highest BCUT2D eigenvalue weighted by molar-refractivity contribution is 5.94. The van der Waals surface area contributed by atoms with Crippen molar-refractivity contribution >= 4 is 11.7 Å². The van der Waals surface area contributed by atoms with Gasteiger partial charge in [0.1, 0.15) is 5.82 Å². The van der Waals surface area contributed by atoms with Crippen LogP contribution in [0.15, 0.2) is 18.3 Å². The minimum atomic E-state index is -0.0781. The number of nitrogens with one attached hydrogen (secondary N) is 2. The molecule has 0 saturated heterocycles. The van der Waals surface area contributed by atoms with Crippen molar-refractivity contribution in [2.75, 3.05) is 25.6 Å². The van der Waals surface area contributed by atoms with Crippen LogP contribution in [0.5, 0.6) is 0 Å². The number of carbonyl (C=O) groups is 1. The Labute approximate surface area is 114 Å². The van der Waals surface area contributed by atoms with E-state index in [0.717, 1.165) is 18.7 Å². The predicted molar refractivity (Wildman–Crippen MR) is 76.4 cm³/mol. The van der Waals surface area contributed by atoms with Gasteiger partial charge >= 0.3 is 0 Å². The Hall–Kier alpha value is -1.62. The number of anilines is 1. The smallest absolute Gasteiger partial charge is 0.251 e. The third-order valence-electron chi connectivity index (χ3n) is 2.84. The molecule has 1 rings (SSSR count). The van der Waals surface area contributed by atoms with Gasteiger partial charge in [-0.1, -0.05) is 6.92 Å². The zero-order valence-electron chi connectivity index (χ0n) is 11.9. The highest BCUT2D eigenvalue weighted by Crippen LogP contribution is 2.09. The summed E-state index contributed by atoms with van der Waals surface area (Å²) in [6, 6.07) is 3.83. The van der Waals surface area contributed by atoms with Crippen LogP contribution in [0, 0.1) is 0 Å². The van der Waals surface area contributed by atoms with E-state index in [1.165, 1.54) is 0 Å². The fourth-order valence-electron chi connectivity index (χ4n) is 1.53. The van der Waals surface area contributed by atoms with Gasteiger partial charge in [0, 0.05) is 38.1 Å². The molecule has 0 bridgehead atoms. The number of amides is 1. The number of pyridine rings is 1. The van der Waals surface area contributed by atoms with Crippen LogP contribution in [0.25, 0.3) is 0 Å². The summed E-state index contributed by atoms with van der Waals surface area (Å²) in [4.78, 5) is 16.1. The number of methoxy groups -OCH3 is 1. The SMILES string of the molecule is CCC(C)Nc1cc(C(=O)NCCCOC)ccn1. The van der Waals surface area contributed by atoms with Gasteiger partial charge in [0.05, 0.1) is 0 Å². The second-order valence-corrected chi connectivity index (χ2v) is 4.49. The molecule has 1 amide bonds. The largest absolute Gasteiger partial charge is 0.385 e. The summed E-state index contributed by atoms with van der Waals surface area (Å²) < 4.78 is 4.93. The number of rotatable bonds is 8. The van der Waals surface area contributed by atoms with Crippen molar-refractivity contribution in [1.29, 1.82) is 0 Å². The molecule has 0 radical (unpaired) electrons. The molecule has 5 heteroatoms. The monoisotopic (exact) mass is 265 g/mol. The molecular formula is C14H23N3O2. The third-order valence-corrected chi connectivity index (χ3v) is 2.84. The maximum absolute atomic E-state index is 11.9. The minimum Gasteiger partial charge on any atom is -0.385 e. The van der Waals surface area contributed by atoms with Crippen molar-refractivity contribution in [3.63, 3.8) is 0 Å². The predicted octanol–water partition coefficient (Wildman–Crippen LogP) is 2.06. The summed E-state index contributed by atoms with van der Waals surface area (Å²) in [6.45, 7) is 5.45. The van der Waals surface area contributed by atoms with E-state index >= 15 is 0 Å². The Morgan fingerprint density at radius 1 is 1.53 bits per heavy atom. The van der Waals surface area contributed by atoms with Crippen LogP contribution >= 0.6 is 0 Å². The van der Waals surface area contributed by atoms with Crippen LogP contribution < -0.4 is 10.6 Å². The number of carbonyl (C=O) groups excluding carboxylic acids is 1. The van der Waals surface area contributed by atoms with Crippen molar-refractivity contribution in [2.24, 2.45) is 0 Å². The zero-order chi connectivity index (χ0) is 14.1. The van der Waals surface area contributed by atoms with E-state index in [0.29, 0.717) is 24.8 Å². The van der Waals surface area contributed by atoms with E-state index in [1.54, 1.807) is 25.4 Å². The van der Waals surface area contributed by atoms with Gasteiger partial charge < -0.3 is 15.4 Å². The molecule has 0 fully saturated rings. The van der Waals surface area contributed by atoms with E-state index < -0.39 is 0 Å². The maximum Gasteiger partial charge on any atom is 0.251 e. The normalized spacial score (nSPS) is 11.9. The van der Waals surface area contributed by atoms with Crippen molar-refractivity contribution in [2.45, 2.75) is 32.7 Å². The Balaban J connectivity index is 2.52. The molecule has 0 aliphatic heterocycles. The molecule has 5 nitrogen and oxygen atoms in total. The third kappa shape index (κ3) is 5.70. The zero-order valence-corrected chi connectivity index (χ0v) is 11.9. The van der Waals surface area contributed by atoms with E-state index in [-0.39, 0.29) is 5.91 Å². The summed E-state index contributed by atoms with van der Waals surface area (Å²) in [5, 5.41) is 6.11. The molecule has 0 aliphatic carbocycles. The fraction of sp³-hybridized carbons (Fsp3) is 0.571. The van der Waals surface area contributed by atoms with Gasteiger partial charge in [0.25, 0.3) is 5.91 Å². The van der Waals surface area contributed by atoms with Crippen molar-refractivity contribution in [3.8, 4) is 0 Å². The molecule has 1 atom stereocenters. The molecule has 1 heterocycles. The van der Waals surface area contributed by atoms with E-state index in [9.17, 15) is 4.79 Å². The number of ether oxygens (including phenoxy) is 1. The minimum absolute atomic E-state index is 0.0781. The molecule has 0 spiro atoms. The summed E-state index contributed by atoms with van der Waals surface area (Å²) in [6.07, 6.45) is 3.47. The molecule has 1 aromatic heterocycles. The van der Waals surface area contributed by atoms with Crippen molar-refractivity contribution in [3.05, 3.63) is 23.9 Å². The number of hydrogen-bond acceptors (Lipinski definition) is 4. The first kappa shape index (κ1) is 15.4. The second kappa shape index (κ2) is 8.48. The highest BCUT2D eigenvalue weighted by Gasteiger charge is 2.07. The van der Waals surface area contributed by atoms with E-state index in [4.69, 9.17) is 4.74 Å². The summed E-state index contributed by atoms with van der Waals surface area (Å²) >= 11 is 0. The molecule has 2 N–H and O–H groups in total. The number of hydrogen-bond donors (Lipinski definition) is 2. The van der Waals surface area contributed by atoms with Crippen LogP contribution in [-0.2, 0) is 4.74 Å². The lowest BCUT2D eigenvalue weighted by atomic mass is 10.2. The molecule has 19 heavy (non-hydrogen) atoms. The second-order valence-electron chi connectivity index (χ2n) is 4.49. The van der Waals surface area contributed by atoms with Gasteiger partial charge in [0.2, 0.25) is 0 Å². The van der Waals surface area contributed by atoms with Gasteiger partial charge in [0.15, 0.2) is 0 Å². The molecule has 1 unspecified atom stereocenters. The standard InChI is InChI=1S/C14H23N3O2/c1-4-11(2)17-13-10-12(6-8-15-13)14(18)16-7-5-9-19-3/h6,8,10-11H,4-5,7,9H2,1-3H3,(H,15,17)(H,16,18). The van der Waals surface area contributed by atoms with Gasteiger partial charge in [-0.05, 0) is 31.9 Å². The summed E-state index contributed by atoms with van der Waals surface area (Å²) in [7, 11) is 1.65. The quantitative estimate of drug-likeness (QED) is 0.706. The lowest BCUT2D eigenvalue weighted by Gasteiger charge is -2.12.